The number of rotatable bonds is 8. The van der Waals surface area contributed by atoms with Crippen molar-refractivity contribution >= 4 is 16.7 Å². The lowest BCUT2D eigenvalue weighted by molar-refractivity contribution is -0.00610. The zero-order valence-corrected chi connectivity index (χ0v) is 21.1. The fourth-order valence-corrected chi connectivity index (χ4v) is 7.80. The minimum absolute atomic E-state index is 0.108. The lowest BCUT2D eigenvalue weighted by Crippen LogP contribution is -2.48. The third-order valence-electron chi connectivity index (χ3n) is 8.84. The molecule has 0 aliphatic heterocycles. The van der Waals surface area contributed by atoms with E-state index in [4.69, 9.17) is 14.2 Å². The van der Waals surface area contributed by atoms with Crippen LogP contribution in [0.4, 0.5) is 0 Å². The Morgan fingerprint density at radius 1 is 0.972 bits per heavy atom. The maximum Gasteiger partial charge on any atom is 0.336 e. The van der Waals surface area contributed by atoms with E-state index >= 15 is 0 Å². The van der Waals surface area contributed by atoms with Crippen molar-refractivity contribution in [2.45, 2.75) is 50.9 Å². The molecule has 0 amide bonds. The van der Waals surface area contributed by atoms with E-state index in [0.29, 0.717) is 17.9 Å². The number of carbonyl (C=O) groups is 1. The van der Waals surface area contributed by atoms with Crippen molar-refractivity contribution in [2.75, 3.05) is 20.5 Å². The van der Waals surface area contributed by atoms with Gasteiger partial charge in [0, 0.05) is 23.1 Å². The first-order valence-electron chi connectivity index (χ1n) is 13.2. The number of benzene rings is 3. The van der Waals surface area contributed by atoms with E-state index in [1.807, 2.05) is 31.2 Å². The van der Waals surface area contributed by atoms with Gasteiger partial charge in [-0.1, -0.05) is 24.3 Å². The lowest BCUT2D eigenvalue weighted by atomic mass is 9.48. The SMILES string of the molecule is CCOCOc1c(-c2ccccc2C(=O)O)ccc2cc(OC)c(C34CC5CC(CC(C5)C3)C4)cc12. The molecule has 3 aromatic rings. The smallest absolute Gasteiger partial charge is 0.336 e. The van der Waals surface area contributed by atoms with E-state index in [1.165, 1.54) is 44.1 Å². The molecule has 1 N–H and O–H groups in total. The van der Waals surface area contributed by atoms with Gasteiger partial charge in [0.1, 0.15) is 11.5 Å². The van der Waals surface area contributed by atoms with Crippen molar-refractivity contribution in [2.24, 2.45) is 17.8 Å². The molecule has 4 saturated carbocycles. The van der Waals surface area contributed by atoms with Gasteiger partial charge in [-0.05, 0) is 104 Å². The minimum Gasteiger partial charge on any atom is -0.496 e. The number of ether oxygens (including phenoxy) is 3. The van der Waals surface area contributed by atoms with Gasteiger partial charge in [-0.2, -0.15) is 0 Å². The molecule has 36 heavy (non-hydrogen) atoms. The molecular formula is C31H34O5. The van der Waals surface area contributed by atoms with Crippen LogP contribution in [0.3, 0.4) is 0 Å². The molecule has 188 valence electrons. The molecule has 0 aromatic heterocycles. The summed E-state index contributed by atoms with van der Waals surface area (Å²) in [7, 11) is 1.77. The zero-order chi connectivity index (χ0) is 24.9. The van der Waals surface area contributed by atoms with Crippen LogP contribution >= 0.6 is 0 Å². The molecule has 4 aliphatic carbocycles. The normalized spacial score (nSPS) is 26.3. The molecular weight excluding hydrogens is 452 g/mol. The molecule has 0 spiro atoms. The van der Waals surface area contributed by atoms with E-state index in [2.05, 4.69) is 12.1 Å². The monoisotopic (exact) mass is 486 g/mol. The van der Waals surface area contributed by atoms with Crippen LogP contribution < -0.4 is 9.47 Å². The molecule has 0 atom stereocenters. The van der Waals surface area contributed by atoms with Crippen LogP contribution in [-0.2, 0) is 10.2 Å². The maximum absolute atomic E-state index is 12.0. The first kappa shape index (κ1) is 23.4. The van der Waals surface area contributed by atoms with Crippen molar-refractivity contribution < 1.29 is 24.1 Å². The summed E-state index contributed by atoms with van der Waals surface area (Å²) >= 11 is 0. The van der Waals surface area contributed by atoms with Gasteiger partial charge >= 0.3 is 5.97 Å². The average Bonchev–Trinajstić information content (AvgIpc) is 2.87. The molecule has 7 rings (SSSR count). The van der Waals surface area contributed by atoms with E-state index in [9.17, 15) is 9.90 Å². The second-order valence-corrected chi connectivity index (χ2v) is 11.0. The second kappa shape index (κ2) is 9.11. The number of hydrogen-bond acceptors (Lipinski definition) is 4. The highest BCUT2D eigenvalue weighted by atomic mass is 16.7. The summed E-state index contributed by atoms with van der Waals surface area (Å²) in [4.78, 5) is 12.0. The Morgan fingerprint density at radius 2 is 1.67 bits per heavy atom. The second-order valence-electron chi connectivity index (χ2n) is 11.0. The summed E-state index contributed by atoms with van der Waals surface area (Å²) in [5.74, 6) is 3.13. The molecule has 0 unspecified atom stereocenters. The molecule has 3 aromatic carbocycles. The van der Waals surface area contributed by atoms with Crippen LogP contribution in [0, 0.1) is 17.8 Å². The fraction of sp³-hybridized carbons (Fsp3) is 0.452. The molecule has 5 heteroatoms. The van der Waals surface area contributed by atoms with E-state index in [1.54, 1.807) is 19.2 Å². The number of methoxy groups -OCH3 is 1. The summed E-state index contributed by atoms with van der Waals surface area (Å²) in [6.45, 7) is 2.58. The molecule has 4 bridgehead atoms. The van der Waals surface area contributed by atoms with Crippen molar-refractivity contribution in [3.05, 3.63) is 59.7 Å². The fourth-order valence-electron chi connectivity index (χ4n) is 7.80. The quantitative estimate of drug-likeness (QED) is 0.273. The number of hydrogen-bond donors (Lipinski definition) is 1. The maximum atomic E-state index is 12.0. The van der Waals surface area contributed by atoms with Crippen molar-refractivity contribution in [1.29, 1.82) is 0 Å². The predicted octanol–water partition coefficient (Wildman–Crippen LogP) is 7.05. The van der Waals surface area contributed by atoms with Gasteiger partial charge in [0.2, 0.25) is 0 Å². The van der Waals surface area contributed by atoms with Gasteiger partial charge in [0.25, 0.3) is 0 Å². The van der Waals surface area contributed by atoms with Crippen LogP contribution in [-0.4, -0.2) is 31.6 Å². The summed E-state index contributed by atoms with van der Waals surface area (Å²) in [6.07, 6.45) is 7.85. The molecule has 0 saturated heterocycles. The number of aromatic carboxylic acids is 1. The van der Waals surface area contributed by atoms with Gasteiger partial charge < -0.3 is 19.3 Å². The molecule has 0 heterocycles. The first-order chi connectivity index (χ1) is 17.5. The third kappa shape index (κ3) is 3.85. The summed E-state index contributed by atoms with van der Waals surface area (Å²) in [5, 5.41) is 11.9. The highest BCUT2D eigenvalue weighted by Gasteiger charge is 2.52. The van der Waals surface area contributed by atoms with Crippen LogP contribution in [0.25, 0.3) is 21.9 Å². The Hall–Kier alpha value is -3.05. The zero-order valence-electron chi connectivity index (χ0n) is 21.1. The Bertz CT molecular complexity index is 1270. The Kier molecular flexibility index (Phi) is 5.91. The summed E-state index contributed by atoms with van der Waals surface area (Å²) in [6, 6.07) is 15.5. The van der Waals surface area contributed by atoms with Crippen molar-refractivity contribution in [3.63, 3.8) is 0 Å². The lowest BCUT2D eigenvalue weighted by Gasteiger charge is -2.57. The van der Waals surface area contributed by atoms with Gasteiger partial charge in [0.05, 0.1) is 12.7 Å². The first-order valence-corrected chi connectivity index (χ1v) is 13.2. The Morgan fingerprint density at radius 3 is 2.31 bits per heavy atom. The van der Waals surface area contributed by atoms with Crippen molar-refractivity contribution in [1.82, 2.24) is 0 Å². The highest BCUT2D eigenvalue weighted by molar-refractivity contribution is 6.02. The van der Waals surface area contributed by atoms with Crippen molar-refractivity contribution in [3.8, 4) is 22.6 Å². The topological polar surface area (TPSA) is 65.0 Å². The Balaban J connectivity index is 1.56. The number of carboxylic acid groups (broad SMARTS) is 1. The molecule has 5 nitrogen and oxygen atoms in total. The van der Waals surface area contributed by atoms with Crippen LogP contribution in [0.1, 0.15) is 61.4 Å². The third-order valence-corrected chi connectivity index (χ3v) is 8.84. The average molecular weight is 487 g/mol. The minimum atomic E-state index is -0.953. The predicted molar refractivity (Wildman–Crippen MR) is 140 cm³/mol. The van der Waals surface area contributed by atoms with Gasteiger partial charge in [-0.15, -0.1) is 0 Å². The van der Waals surface area contributed by atoms with E-state index in [0.717, 1.165) is 39.8 Å². The number of carboxylic acids is 1. The van der Waals surface area contributed by atoms with Crippen LogP contribution in [0.5, 0.6) is 11.5 Å². The van der Waals surface area contributed by atoms with E-state index in [-0.39, 0.29) is 17.8 Å². The van der Waals surface area contributed by atoms with E-state index < -0.39 is 5.97 Å². The number of fused-ring (bicyclic) bond motifs is 1. The Labute approximate surface area is 212 Å². The van der Waals surface area contributed by atoms with Crippen LogP contribution in [0.2, 0.25) is 0 Å². The highest BCUT2D eigenvalue weighted by Crippen LogP contribution is 2.62. The molecule has 0 radical (unpaired) electrons. The van der Waals surface area contributed by atoms with Gasteiger partial charge in [0.15, 0.2) is 6.79 Å². The molecule has 4 aliphatic rings. The van der Waals surface area contributed by atoms with Crippen LogP contribution in [0.15, 0.2) is 48.5 Å². The standard InChI is InChI=1S/C31H34O5/c1-3-35-18-36-29-24(23-6-4-5-7-25(23)30(32)33)9-8-22-13-28(34-2)27(14-26(22)29)31-15-19-10-20(16-31)12-21(11-19)17-31/h4-9,13-14,19-21H,3,10-12,15-18H2,1-2H3,(H,32,33). The summed E-state index contributed by atoms with van der Waals surface area (Å²) < 4.78 is 17.8. The van der Waals surface area contributed by atoms with Gasteiger partial charge in [-0.3, -0.25) is 0 Å². The summed E-state index contributed by atoms with van der Waals surface area (Å²) in [5.41, 5.74) is 3.11. The molecule has 4 fully saturated rings. The largest absolute Gasteiger partial charge is 0.496 e. The van der Waals surface area contributed by atoms with Gasteiger partial charge in [-0.25, -0.2) is 4.79 Å².